The molecule has 3 N–H and O–H groups in total. The van der Waals surface area contributed by atoms with Gasteiger partial charge in [-0.1, -0.05) is 0 Å². The molecule has 0 aromatic heterocycles. The third-order valence-corrected chi connectivity index (χ3v) is 3.82. The van der Waals surface area contributed by atoms with E-state index in [0.717, 1.165) is 25.9 Å². The van der Waals surface area contributed by atoms with Crippen LogP contribution in [-0.4, -0.2) is 46.9 Å². The zero-order valence-corrected chi connectivity index (χ0v) is 9.36. The van der Waals surface area contributed by atoms with Crippen LogP contribution in [0.15, 0.2) is 0 Å². The summed E-state index contributed by atoms with van der Waals surface area (Å²) in [6, 6.07) is 0.475. The van der Waals surface area contributed by atoms with Crippen molar-refractivity contribution in [3.8, 4) is 0 Å². The van der Waals surface area contributed by atoms with Crippen molar-refractivity contribution >= 4 is 10.0 Å². The van der Waals surface area contributed by atoms with Gasteiger partial charge in [-0.2, -0.15) is 0 Å². The van der Waals surface area contributed by atoms with Crippen LogP contribution in [0.5, 0.6) is 0 Å². The molecular weight excluding hydrogens is 202 g/mol. The number of sulfonamides is 1. The lowest BCUT2D eigenvalue weighted by Crippen LogP contribution is -2.42. The molecule has 1 fully saturated rings. The average molecular weight is 221 g/mol. The summed E-state index contributed by atoms with van der Waals surface area (Å²) in [7, 11) is -1.60. The molecule has 0 unspecified atom stereocenters. The Balaban J connectivity index is 2.14. The monoisotopic (exact) mass is 221 g/mol. The molecule has 0 bridgehead atoms. The fraction of sp³-hybridized carbons (Fsp3) is 1.00. The Labute approximate surface area is 85.7 Å². The molecule has 1 heterocycles. The summed E-state index contributed by atoms with van der Waals surface area (Å²) >= 11 is 0. The average Bonchev–Trinajstić information content (AvgIpc) is 2.19. The van der Waals surface area contributed by atoms with Gasteiger partial charge in [0.1, 0.15) is 0 Å². The third kappa shape index (κ3) is 4.36. The first-order valence-electron chi connectivity index (χ1n) is 4.99. The second-order valence-electron chi connectivity index (χ2n) is 3.50. The fourth-order valence-electron chi connectivity index (χ4n) is 1.53. The van der Waals surface area contributed by atoms with Crippen molar-refractivity contribution in [1.82, 2.24) is 15.4 Å². The van der Waals surface area contributed by atoms with Gasteiger partial charge in [0, 0.05) is 12.6 Å². The molecular formula is C8H19N3O2S. The lowest BCUT2D eigenvalue weighted by Gasteiger charge is -2.23. The lowest BCUT2D eigenvalue weighted by molar-refractivity contribution is 0.394. The van der Waals surface area contributed by atoms with E-state index in [2.05, 4.69) is 15.4 Å². The molecule has 0 saturated carbocycles. The maximum atomic E-state index is 11.1. The molecule has 0 spiro atoms. The summed E-state index contributed by atoms with van der Waals surface area (Å²) in [6.45, 7) is 2.58. The van der Waals surface area contributed by atoms with Gasteiger partial charge in [0.2, 0.25) is 10.0 Å². The molecule has 6 heteroatoms. The Morgan fingerprint density at radius 3 is 2.57 bits per heavy atom. The number of nitrogens with one attached hydrogen (secondary N) is 3. The van der Waals surface area contributed by atoms with Crippen molar-refractivity contribution in [3.63, 3.8) is 0 Å². The van der Waals surface area contributed by atoms with Gasteiger partial charge in [-0.25, -0.2) is 13.1 Å². The predicted molar refractivity (Wildman–Crippen MR) is 56.7 cm³/mol. The van der Waals surface area contributed by atoms with Crippen LogP contribution >= 0.6 is 0 Å². The van der Waals surface area contributed by atoms with Gasteiger partial charge in [-0.15, -0.1) is 0 Å². The second kappa shape index (κ2) is 5.65. The highest BCUT2D eigenvalue weighted by molar-refractivity contribution is 7.89. The standard InChI is InChI=1S/C8H19N3O2S/c1-9-14(12,13)7-6-11-8-2-4-10-5-3-8/h8-11H,2-7H2,1H3. The molecule has 1 rings (SSSR count). The van der Waals surface area contributed by atoms with E-state index in [-0.39, 0.29) is 5.75 Å². The van der Waals surface area contributed by atoms with Crippen LogP contribution in [0.2, 0.25) is 0 Å². The topological polar surface area (TPSA) is 70.2 Å². The SMILES string of the molecule is CNS(=O)(=O)CCNC1CCNCC1. The maximum absolute atomic E-state index is 11.1. The van der Waals surface area contributed by atoms with Gasteiger partial charge >= 0.3 is 0 Å². The Kier molecular flexibility index (Phi) is 4.80. The summed E-state index contributed by atoms with van der Waals surface area (Å²) < 4.78 is 24.5. The fourth-order valence-corrected chi connectivity index (χ4v) is 2.12. The van der Waals surface area contributed by atoms with Crippen molar-refractivity contribution in [1.29, 1.82) is 0 Å². The van der Waals surface area contributed by atoms with Crippen molar-refractivity contribution in [2.24, 2.45) is 0 Å². The highest BCUT2D eigenvalue weighted by atomic mass is 32.2. The molecule has 84 valence electrons. The van der Waals surface area contributed by atoms with Gasteiger partial charge in [0.05, 0.1) is 5.75 Å². The van der Waals surface area contributed by atoms with Crippen LogP contribution in [0, 0.1) is 0 Å². The zero-order chi connectivity index (χ0) is 10.4. The minimum absolute atomic E-state index is 0.160. The molecule has 14 heavy (non-hydrogen) atoms. The molecule has 1 saturated heterocycles. The third-order valence-electron chi connectivity index (χ3n) is 2.45. The summed E-state index contributed by atoms with van der Waals surface area (Å²) in [5, 5.41) is 6.51. The van der Waals surface area contributed by atoms with Crippen LogP contribution in [0.3, 0.4) is 0 Å². The van der Waals surface area contributed by atoms with Gasteiger partial charge in [-0.3, -0.25) is 0 Å². The normalized spacial score (nSPS) is 19.8. The highest BCUT2D eigenvalue weighted by Crippen LogP contribution is 2.00. The Bertz CT molecular complexity index is 247. The number of piperidine rings is 1. The van der Waals surface area contributed by atoms with Crippen LogP contribution in [0.1, 0.15) is 12.8 Å². The maximum Gasteiger partial charge on any atom is 0.212 e. The molecule has 0 aromatic carbocycles. The van der Waals surface area contributed by atoms with Crippen LogP contribution in [0.25, 0.3) is 0 Å². The first-order chi connectivity index (χ1) is 6.64. The summed E-state index contributed by atoms with van der Waals surface area (Å²) in [4.78, 5) is 0. The summed E-state index contributed by atoms with van der Waals surface area (Å²) in [5.74, 6) is 0.160. The van der Waals surface area contributed by atoms with E-state index in [1.54, 1.807) is 0 Å². The van der Waals surface area contributed by atoms with Crippen molar-refractivity contribution in [3.05, 3.63) is 0 Å². The van der Waals surface area contributed by atoms with Crippen molar-refractivity contribution in [2.75, 3.05) is 32.4 Å². The van der Waals surface area contributed by atoms with E-state index in [9.17, 15) is 8.42 Å². The van der Waals surface area contributed by atoms with Crippen LogP contribution < -0.4 is 15.4 Å². The molecule has 1 aliphatic heterocycles. The second-order valence-corrected chi connectivity index (χ2v) is 5.55. The largest absolute Gasteiger partial charge is 0.317 e. The van der Waals surface area contributed by atoms with Crippen LogP contribution in [0.4, 0.5) is 0 Å². The molecule has 0 amide bonds. The Morgan fingerprint density at radius 1 is 1.36 bits per heavy atom. The lowest BCUT2D eigenvalue weighted by atomic mass is 10.1. The Hall–Kier alpha value is -0.170. The number of hydrogen-bond donors (Lipinski definition) is 3. The van der Waals surface area contributed by atoms with Crippen molar-refractivity contribution in [2.45, 2.75) is 18.9 Å². The first kappa shape index (κ1) is 11.9. The minimum Gasteiger partial charge on any atom is -0.317 e. The van der Waals surface area contributed by atoms with Crippen molar-refractivity contribution < 1.29 is 8.42 Å². The Morgan fingerprint density at radius 2 is 2.00 bits per heavy atom. The summed E-state index contributed by atoms with van der Waals surface area (Å²) in [5.41, 5.74) is 0. The van der Waals surface area contributed by atoms with E-state index < -0.39 is 10.0 Å². The van der Waals surface area contributed by atoms with Gasteiger partial charge in [-0.05, 0) is 33.0 Å². The van der Waals surface area contributed by atoms with E-state index >= 15 is 0 Å². The molecule has 0 radical (unpaired) electrons. The minimum atomic E-state index is -3.05. The number of hydrogen-bond acceptors (Lipinski definition) is 4. The first-order valence-corrected chi connectivity index (χ1v) is 6.64. The van der Waals surface area contributed by atoms with Gasteiger partial charge in [0.25, 0.3) is 0 Å². The number of rotatable bonds is 5. The quantitative estimate of drug-likeness (QED) is 0.550. The van der Waals surface area contributed by atoms with E-state index in [1.165, 1.54) is 7.05 Å². The van der Waals surface area contributed by atoms with Crippen LogP contribution in [-0.2, 0) is 10.0 Å². The molecule has 0 aliphatic carbocycles. The molecule has 1 aliphatic rings. The molecule has 5 nitrogen and oxygen atoms in total. The smallest absolute Gasteiger partial charge is 0.212 e. The zero-order valence-electron chi connectivity index (χ0n) is 8.54. The van der Waals surface area contributed by atoms with Gasteiger partial charge < -0.3 is 10.6 Å². The van der Waals surface area contributed by atoms with Gasteiger partial charge in [0.15, 0.2) is 0 Å². The van der Waals surface area contributed by atoms with E-state index in [4.69, 9.17) is 0 Å². The molecule has 0 aromatic rings. The van der Waals surface area contributed by atoms with E-state index in [0.29, 0.717) is 12.6 Å². The molecule has 0 atom stereocenters. The highest BCUT2D eigenvalue weighted by Gasteiger charge is 2.13. The summed E-state index contributed by atoms with van der Waals surface area (Å²) in [6.07, 6.45) is 2.17. The van der Waals surface area contributed by atoms with E-state index in [1.807, 2.05) is 0 Å². The predicted octanol–water partition coefficient (Wildman–Crippen LogP) is -1.12.